The lowest BCUT2D eigenvalue weighted by Crippen LogP contribution is -2.48. The fourth-order valence-corrected chi connectivity index (χ4v) is 3.53. The average Bonchev–Trinajstić information content (AvgIpc) is 2.54. The molecule has 1 N–H and O–H groups in total. The lowest BCUT2D eigenvalue weighted by atomic mass is 9.86. The van der Waals surface area contributed by atoms with Crippen molar-refractivity contribution in [2.45, 2.75) is 46.1 Å². The fourth-order valence-electron chi connectivity index (χ4n) is 3.53. The molecule has 112 valence electrons. The Morgan fingerprint density at radius 3 is 2.58 bits per heavy atom. The van der Waals surface area contributed by atoms with Crippen LogP contribution in [0.25, 0.3) is 0 Å². The molecule has 2 saturated heterocycles. The van der Waals surface area contributed by atoms with E-state index in [1.807, 2.05) is 0 Å². The Labute approximate surface area is 119 Å². The van der Waals surface area contributed by atoms with Crippen LogP contribution in [-0.2, 0) is 0 Å². The maximum atomic E-state index is 3.75. The van der Waals surface area contributed by atoms with Gasteiger partial charge in [-0.3, -0.25) is 0 Å². The first-order chi connectivity index (χ1) is 8.95. The monoisotopic (exact) mass is 267 g/mol. The highest BCUT2D eigenvalue weighted by Gasteiger charge is 2.29. The SMILES string of the molecule is CN1CCCC(CN2CCCNC(C(C)(C)C)C2)C1. The maximum Gasteiger partial charge on any atom is 0.0243 e. The summed E-state index contributed by atoms with van der Waals surface area (Å²) in [5.41, 5.74) is 0.367. The van der Waals surface area contributed by atoms with Gasteiger partial charge < -0.3 is 15.1 Å². The van der Waals surface area contributed by atoms with Gasteiger partial charge in [0.05, 0.1) is 0 Å². The number of piperidine rings is 1. The number of likely N-dealkylation sites (tertiary alicyclic amines) is 1. The largest absolute Gasteiger partial charge is 0.312 e. The third-order valence-corrected chi connectivity index (χ3v) is 4.77. The first kappa shape index (κ1) is 15.3. The van der Waals surface area contributed by atoms with Gasteiger partial charge in [-0.2, -0.15) is 0 Å². The molecule has 0 aromatic rings. The van der Waals surface area contributed by atoms with E-state index in [2.05, 4.69) is 42.9 Å². The maximum absolute atomic E-state index is 3.75. The fraction of sp³-hybridized carbons (Fsp3) is 1.00. The Balaban J connectivity index is 1.87. The Morgan fingerprint density at radius 1 is 1.11 bits per heavy atom. The zero-order valence-electron chi connectivity index (χ0n) is 13.4. The highest BCUT2D eigenvalue weighted by Crippen LogP contribution is 2.23. The first-order valence-corrected chi connectivity index (χ1v) is 8.09. The van der Waals surface area contributed by atoms with Crippen LogP contribution in [0.4, 0.5) is 0 Å². The Kier molecular flexibility index (Phi) is 5.27. The highest BCUT2D eigenvalue weighted by atomic mass is 15.2. The molecule has 2 unspecified atom stereocenters. The quantitative estimate of drug-likeness (QED) is 0.826. The molecule has 3 nitrogen and oxygen atoms in total. The van der Waals surface area contributed by atoms with Crippen LogP contribution in [0.1, 0.15) is 40.0 Å². The van der Waals surface area contributed by atoms with Crippen molar-refractivity contribution in [1.29, 1.82) is 0 Å². The van der Waals surface area contributed by atoms with E-state index in [1.165, 1.54) is 58.5 Å². The van der Waals surface area contributed by atoms with Gasteiger partial charge in [-0.1, -0.05) is 20.8 Å². The summed E-state index contributed by atoms with van der Waals surface area (Å²) in [5, 5.41) is 3.75. The Morgan fingerprint density at radius 2 is 1.89 bits per heavy atom. The van der Waals surface area contributed by atoms with Gasteiger partial charge in [-0.05, 0) is 57.3 Å². The Bertz CT molecular complexity index is 272. The van der Waals surface area contributed by atoms with Crippen LogP contribution in [0.5, 0.6) is 0 Å². The van der Waals surface area contributed by atoms with Crippen LogP contribution in [0.15, 0.2) is 0 Å². The molecule has 2 aliphatic heterocycles. The molecule has 19 heavy (non-hydrogen) atoms. The highest BCUT2D eigenvalue weighted by molar-refractivity contribution is 4.87. The lowest BCUT2D eigenvalue weighted by molar-refractivity contribution is 0.135. The topological polar surface area (TPSA) is 18.5 Å². The summed E-state index contributed by atoms with van der Waals surface area (Å²) in [7, 11) is 2.27. The van der Waals surface area contributed by atoms with Crippen molar-refractivity contribution < 1.29 is 0 Å². The summed E-state index contributed by atoms with van der Waals surface area (Å²) in [6.45, 7) is 14.7. The van der Waals surface area contributed by atoms with E-state index in [1.54, 1.807) is 0 Å². The van der Waals surface area contributed by atoms with Gasteiger partial charge in [-0.25, -0.2) is 0 Å². The second-order valence-corrected chi connectivity index (χ2v) is 7.76. The molecule has 2 fully saturated rings. The van der Waals surface area contributed by atoms with Gasteiger partial charge in [-0.15, -0.1) is 0 Å². The van der Waals surface area contributed by atoms with E-state index >= 15 is 0 Å². The van der Waals surface area contributed by atoms with Crippen LogP contribution >= 0.6 is 0 Å². The van der Waals surface area contributed by atoms with E-state index < -0.39 is 0 Å². The standard InChI is InChI=1S/C16H33N3/c1-16(2,3)15-13-19(10-6-8-17-15)12-14-7-5-9-18(4)11-14/h14-15,17H,5-13H2,1-4H3. The smallest absolute Gasteiger partial charge is 0.0243 e. The molecule has 0 aliphatic carbocycles. The van der Waals surface area contributed by atoms with Crippen molar-refractivity contribution in [3.05, 3.63) is 0 Å². The molecule has 3 heteroatoms. The summed E-state index contributed by atoms with van der Waals surface area (Å²) < 4.78 is 0. The molecule has 0 spiro atoms. The third-order valence-electron chi connectivity index (χ3n) is 4.77. The van der Waals surface area contributed by atoms with Gasteiger partial charge in [0.15, 0.2) is 0 Å². The van der Waals surface area contributed by atoms with Crippen LogP contribution in [-0.4, -0.2) is 62.2 Å². The molecule has 2 atom stereocenters. The summed E-state index contributed by atoms with van der Waals surface area (Å²) >= 11 is 0. The first-order valence-electron chi connectivity index (χ1n) is 8.09. The normalized spacial score (nSPS) is 32.2. The molecule has 2 heterocycles. The average molecular weight is 267 g/mol. The summed E-state index contributed by atoms with van der Waals surface area (Å²) in [6, 6.07) is 0.635. The number of rotatable bonds is 2. The number of hydrogen-bond acceptors (Lipinski definition) is 3. The zero-order valence-corrected chi connectivity index (χ0v) is 13.4. The number of hydrogen-bond donors (Lipinski definition) is 1. The molecule has 0 radical (unpaired) electrons. The summed E-state index contributed by atoms with van der Waals surface area (Å²) in [6.07, 6.45) is 4.11. The molecule has 2 aliphatic rings. The number of nitrogens with zero attached hydrogens (tertiary/aromatic N) is 2. The van der Waals surface area contributed by atoms with Gasteiger partial charge >= 0.3 is 0 Å². The zero-order chi connectivity index (χ0) is 13.9. The molecule has 0 bridgehead atoms. The van der Waals surface area contributed by atoms with Gasteiger partial charge in [0.25, 0.3) is 0 Å². The minimum absolute atomic E-state index is 0.367. The van der Waals surface area contributed by atoms with Crippen molar-refractivity contribution >= 4 is 0 Å². The summed E-state index contributed by atoms with van der Waals surface area (Å²) in [4.78, 5) is 5.23. The van der Waals surface area contributed by atoms with Crippen LogP contribution in [0.2, 0.25) is 0 Å². The minimum atomic E-state index is 0.367. The molecular formula is C16H33N3. The lowest BCUT2D eigenvalue weighted by Gasteiger charge is -2.37. The molecule has 0 aromatic heterocycles. The van der Waals surface area contributed by atoms with E-state index in [9.17, 15) is 0 Å². The molecule has 0 aromatic carbocycles. The number of nitrogens with one attached hydrogen (secondary N) is 1. The predicted molar refractivity (Wildman–Crippen MR) is 82.5 cm³/mol. The van der Waals surface area contributed by atoms with Crippen molar-refractivity contribution in [3.8, 4) is 0 Å². The van der Waals surface area contributed by atoms with E-state index in [0.717, 1.165) is 5.92 Å². The third kappa shape index (κ3) is 4.73. The van der Waals surface area contributed by atoms with Gasteiger partial charge in [0, 0.05) is 25.7 Å². The van der Waals surface area contributed by atoms with Gasteiger partial charge in [0.2, 0.25) is 0 Å². The van der Waals surface area contributed by atoms with Crippen molar-refractivity contribution in [1.82, 2.24) is 15.1 Å². The van der Waals surface area contributed by atoms with Crippen LogP contribution in [0.3, 0.4) is 0 Å². The predicted octanol–water partition coefficient (Wildman–Crippen LogP) is 2.04. The van der Waals surface area contributed by atoms with E-state index in [0.29, 0.717) is 11.5 Å². The molecule has 0 amide bonds. The van der Waals surface area contributed by atoms with E-state index in [4.69, 9.17) is 0 Å². The molecule has 0 saturated carbocycles. The second kappa shape index (κ2) is 6.55. The van der Waals surface area contributed by atoms with Crippen molar-refractivity contribution in [3.63, 3.8) is 0 Å². The summed E-state index contributed by atoms with van der Waals surface area (Å²) in [5.74, 6) is 0.887. The van der Waals surface area contributed by atoms with E-state index in [-0.39, 0.29) is 0 Å². The van der Waals surface area contributed by atoms with Crippen LogP contribution < -0.4 is 5.32 Å². The Hall–Kier alpha value is -0.120. The molecular weight excluding hydrogens is 234 g/mol. The minimum Gasteiger partial charge on any atom is -0.312 e. The van der Waals surface area contributed by atoms with Gasteiger partial charge in [0.1, 0.15) is 0 Å². The molecule has 2 rings (SSSR count). The van der Waals surface area contributed by atoms with Crippen LogP contribution in [0, 0.1) is 11.3 Å². The van der Waals surface area contributed by atoms with Crippen molar-refractivity contribution in [2.24, 2.45) is 11.3 Å². The second-order valence-electron chi connectivity index (χ2n) is 7.76. The van der Waals surface area contributed by atoms with Crippen molar-refractivity contribution in [2.75, 3.05) is 46.3 Å².